The van der Waals surface area contributed by atoms with Crippen molar-refractivity contribution >= 4 is 21.7 Å². The molecule has 0 bridgehead atoms. The second-order valence-electron chi connectivity index (χ2n) is 2.94. The van der Waals surface area contributed by atoms with Crippen LogP contribution in [0.3, 0.4) is 0 Å². The molecule has 0 aliphatic heterocycles. The molecule has 0 saturated carbocycles. The minimum absolute atomic E-state index is 0.120. The quantitative estimate of drug-likeness (QED) is 0.848. The summed E-state index contributed by atoms with van der Waals surface area (Å²) in [7, 11) is 0. The van der Waals surface area contributed by atoms with Crippen LogP contribution in [0.2, 0.25) is 0 Å². The smallest absolute Gasteiger partial charge is 0.147 e. The molecular weight excluding hydrogens is 251 g/mol. The molecule has 14 heavy (non-hydrogen) atoms. The van der Waals surface area contributed by atoms with Crippen LogP contribution >= 0.6 is 15.9 Å². The minimum atomic E-state index is -0.555. The fourth-order valence-electron chi connectivity index (χ4n) is 1.20. The highest BCUT2D eigenvalue weighted by atomic mass is 79.9. The molecule has 0 amide bonds. The molecule has 1 atom stereocenters. The van der Waals surface area contributed by atoms with E-state index in [1.165, 1.54) is 19.1 Å². The van der Waals surface area contributed by atoms with Gasteiger partial charge in [0.15, 0.2) is 0 Å². The molecule has 1 unspecified atom stereocenters. The summed E-state index contributed by atoms with van der Waals surface area (Å²) in [4.78, 5) is 10.5. The maximum absolute atomic E-state index is 13.2. The number of ketones is 1. The second kappa shape index (κ2) is 4.66. The number of hydrogen-bond donors (Lipinski definition) is 1. The molecule has 0 aliphatic carbocycles. The first-order valence-electron chi connectivity index (χ1n) is 4.10. The lowest BCUT2D eigenvalue weighted by atomic mass is 10.0. The Bertz CT molecular complexity index is 352. The fraction of sp³-hybridized carbons (Fsp3) is 0.300. The zero-order valence-electron chi connectivity index (χ0n) is 7.63. The third-order valence-electron chi connectivity index (χ3n) is 1.94. The SMILES string of the molecule is CC(=O)C(Br)c1cccc(F)c1CO. The Labute approximate surface area is 89.9 Å². The zero-order chi connectivity index (χ0) is 10.7. The molecule has 0 radical (unpaired) electrons. The van der Waals surface area contributed by atoms with Gasteiger partial charge in [-0.1, -0.05) is 28.1 Å². The molecule has 4 heteroatoms. The molecule has 1 aromatic rings. The van der Waals surface area contributed by atoms with E-state index in [4.69, 9.17) is 5.11 Å². The summed E-state index contributed by atoms with van der Waals surface area (Å²) in [6.45, 7) is 1.00. The van der Waals surface area contributed by atoms with Gasteiger partial charge in [-0.25, -0.2) is 4.39 Å². The van der Waals surface area contributed by atoms with E-state index in [2.05, 4.69) is 15.9 Å². The average molecular weight is 261 g/mol. The average Bonchev–Trinajstić information content (AvgIpc) is 2.16. The Balaban J connectivity index is 3.20. The van der Waals surface area contributed by atoms with Crippen molar-refractivity contribution in [1.29, 1.82) is 0 Å². The molecule has 0 aromatic heterocycles. The number of carbonyl (C=O) groups excluding carboxylic acids is 1. The first-order chi connectivity index (χ1) is 6.57. The predicted octanol–water partition coefficient (Wildman–Crippen LogP) is 2.34. The van der Waals surface area contributed by atoms with Gasteiger partial charge >= 0.3 is 0 Å². The highest BCUT2D eigenvalue weighted by Gasteiger charge is 2.18. The molecule has 1 aromatic carbocycles. The monoisotopic (exact) mass is 260 g/mol. The largest absolute Gasteiger partial charge is 0.392 e. The van der Waals surface area contributed by atoms with Crippen molar-refractivity contribution in [3.8, 4) is 0 Å². The number of carbonyl (C=O) groups is 1. The van der Waals surface area contributed by atoms with Crippen LogP contribution in [0, 0.1) is 5.82 Å². The van der Waals surface area contributed by atoms with Gasteiger partial charge in [-0.3, -0.25) is 4.79 Å². The third-order valence-corrected chi connectivity index (χ3v) is 3.08. The molecule has 0 aliphatic rings. The Morgan fingerprint density at radius 2 is 2.29 bits per heavy atom. The molecule has 1 rings (SSSR count). The van der Waals surface area contributed by atoms with Crippen LogP contribution in [0.4, 0.5) is 4.39 Å². The van der Waals surface area contributed by atoms with Crippen molar-refractivity contribution in [1.82, 2.24) is 0 Å². The predicted molar refractivity (Wildman–Crippen MR) is 54.7 cm³/mol. The van der Waals surface area contributed by atoms with Gasteiger partial charge in [0.25, 0.3) is 0 Å². The molecule has 0 fully saturated rings. The van der Waals surface area contributed by atoms with E-state index in [9.17, 15) is 9.18 Å². The summed E-state index contributed by atoms with van der Waals surface area (Å²) in [5, 5.41) is 8.96. The van der Waals surface area contributed by atoms with Crippen LogP contribution in [-0.2, 0) is 11.4 Å². The number of aliphatic hydroxyl groups is 1. The standard InChI is InChI=1S/C10H10BrFO2/c1-6(14)10(11)7-3-2-4-9(12)8(7)5-13/h2-4,10,13H,5H2,1H3. The van der Waals surface area contributed by atoms with Crippen molar-refractivity contribution < 1.29 is 14.3 Å². The highest BCUT2D eigenvalue weighted by Crippen LogP contribution is 2.28. The van der Waals surface area contributed by atoms with E-state index < -0.39 is 17.3 Å². The van der Waals surface area contributed by atoms with Crippen LogP contribution in [0.15, 0.2) is 18.2 Å². The molecule has 0 spiro atoms. The van der Waals surface area contributed by atoms with Crippen molar-refractivity contribution in [2.45, 2.75) is 18.4 Å². The van der Waals surface area contributed by atoms with Gasteiger partial charge in [0.05, 0.1) is 11.4 Å². The Hall–Kier alpha value is -0.740. The summed E-state index contributed by atoms with van der Waals surface area (Å²) >= 11 is 3.15. The van der Waals surface area contributed by atoms with Crippen molar-refractivity contribution in [3.63, 3.8) is 0 Å². The lowest BCUT2D eigenvalue weighted by Gasteiger charge is -2.11. The third kappa shape index (κ3) is 2.19. The van der Waals surface area contributed by atoms with Gasteiger partial charge in [0.2, 0.25) is 0 Å². The number of rotatable bonds is 3. The van der Waals surface area contributed by atoms with Gasteiger partial charge in [0.1, 0.15) is 11.6 Å². The van der Waals surface area contributed by atoms with E-state index in [1.54, 1.807) is 6.07 Å². The molecule has 0 heterocycles. The minimum Gasteiger partial charge on any atom is -0.392 e. The molecule has 2 nitrogen and oxygen atoms in total. The van der Waals surface area contributed by atoms with E-state index in [0.717, 1.165) is 0 Å². The molecular formula is C10H10BrFO2. The first-order valence-corrected chi connectivity index (χ1v) is 5.02. The number of benzene rings is 1. The molecule has 76 valence electrons. The summed E-state index contributed by atoms with van der Waals surface area (Å²) < 4.78 is 13.2. The second-order valence-corrected chi connectivity index (χ2v) is 3.85. The van der Waals surface area contributed by atoms with Gasteiger partial charge in [-0.15, -0.1) is 0 Å². The Kier molecular flexibility index (Phi) is 3.77. The number of Topliss-reactive ketones (excluding diaryl/α,β-unsaturated/α-hetero) is 1. The normalized spacial score (nSPS) is 12.6. The zero-order valence-corrected chi connectivity index (χ0v) is 9.21. The van der Waals surface area contributed by atoms with E-state index in [-0.39, 0.29) is 11.3 Å². The summed E-state index contributed by atoms with van der Waals surface area (Å²) in [5.41, 5.74) is 0.657. The molecule has 0 saturated heterocycles. The first kappa shape index (κ1) is 11.3. The number of alkyl halides is 1. The van der Waals surface area contributed by atoms with Gasteiger partial charge in [-0.2, -0.15) is 0 Å². The van der Waals surface area contributed by atoms with Crippen molar-refractivity contribution in [2.24, 2.45) is 0 Å². The Morgan fingerprint density at radius 1 is 1.64 bits per heavy atom. The van der Waals surface area contributed by atoms with E-state index >= 15 is 0 Å². The van der Waals surface area contributed by atoms with Crippen LogP contribution in [0.1, 0.15) is 22.9 Å². The van der Waals surface area contributed by atoms with Gasteiger partial charge in [0, 0.05) is 5.56 Å². The van der Waals surface area contributed by atoms with Crippen molar-refractivity contribution in [3.05, 3.63) is 35.1 Å². The van der Waals surface area contributed by atoms with Crippen LogP contribution < -0.4 is 0 Å². The Morgan fingerprint density at radius 3 is 2.79 bits per heavy atom. The van der Waals surface area contributed by atoms with E-state index in [1.807, 2.05) is 0 Å². The fourth-order valence-corrected chi connectivity index (χ4v) is 1.63. The van der Waals surface area contributed by atoms with Gasteiger partial charge < -0.3 is 5.11 Å². The summed E-state index contributed by atoms with van der Waals surface area (Å²) in [6.07, 6.45) is 0. The number of aliphatic hydroxyl groups excluding tert-OH is 1. The van der Waals surface area contributed by atoms with Gasteiger partial charge in [-0.05, 0) is 18.6 Å². The van der Waals surface area contributed by atoms with Crippen LogP contribution in [0.25, 0.3) is 0 Å². The van der Waals surface area contributed by atoms with Crippen LogP contribution in [0.5, 0.6) is 0 Å². The summed E-state index contributed by atoms with van der Waals surface area (Å²) in [5.74, 6) is -0.610. The van der Waals surface area contributed by atoms with Crippen LogP contribution in [-0.4, -0.2) is 10.9 Å². The topological polar surface area (TPSA) is 37.3 Å². The summed E-state index contributed by atoms with van der Waals surface area (Å²) in [6, 6.07) is 4.39. The maximum atomic E-state index is 13.2. The van der Waals surface area contributed by atoms with E-state index in [0.29, 0.717) is 5.56 Å². The lowest BCUT2D eigenvalue weighted by molar-refractivity contribution is -0.116. The lowest BCUT2D eigenvalue weighted by Crippen LogP contribution is -2.06. The number of halogens is 2. The number of hydrogen-bond acceptors (Lipinski definition) is 2. The maximum Gasteiger partial charge on any atom is 0.147 e. The van der Waals surface area contributed by atoms with Crippen molar-refractivity contribution in [2.75, 3.05) is 0 Å². The highest BCUT2D eigenvalue weighted by molar-refractivity contribution is 9.09. The molecule has 1 N–H and O–H groups in total.